The largest absolute Gasteiger partial charge is 0.454 e. The standard InChI is InChI=1S/C23H21F3N4O3/c1-13(14-5-3-2-4-6-14)27-22(31)17-11-21-28-16(10-20(23(24,25)26)30(21)29-17)15-7-8-18-19(9-15)33-12-32-18/h2-9,11,13,16,20,28H,10,12H2,1H3,(H,27,31)/t13-,16-,20-/m1/s1. The maximum atomic E-state index is 13.9. The minimum atomic E-state index is -4.54. The Bertz CT molecular complexity index is 1180. The van der Waals surface area contributed by atoms with Crippen molar-refractivity contribution in [1.82, 2.24) is 15.1 Å². The first-order valence-corrected chi connectivity index (χ1v) is 10.5. The number of amides is 1. The molecule has 2 aliphatic heterocycles. The number of carbonyl (C=O) groups excluding carboxylic acids is 1. The number of alkyl halides is 3. The smallest absolute Gasteiger partial charge is 0.410 e. The number of nitrogens with one attached hydrogen (secondary N) is 2. The molecular formula is C23H21F3N4O3. The summed E-state index contributed by atoms with van der Waals surface area (Å²) in [5, 5.41) is 9.89. The van der Waals surface area contributed by atoms with Crippen molar-refractivity contribution in [2.24, 2.45) is 0 Å². The van der Waals surface area contributed by atoms with E-state index in [4.69, 9.17) is 9.47 Å². The molecule has 0 saturated carbocycles. The second-order valence-corrected chi connectivity index (χ2v) is 8.07. The normalized spacial score (nSPS) is 20.0. The van der Waals surface area contributed by atoms with Gasteiger partial charge in [0.15, 0.2) is 23.2 Å². The number of hydrogen-bond acceptors (Lipinski definition) is 5. The Morgan fingerprint density at radius 2 is 1.91 bits per heavy atom. The van der Waals surface area contributed by atoms with Crippen molar-refractivity contribution in [3.05, 3.63) is 71.4 Å². The number of fused-ring (bicyclic) bond motifs is 2. The number of hydrogen-bond donors (Lipinski definition) is 2. The number of ether oxygens (including phenoxy) is 2. The van der Waals surface area contributed by atoms with Gasteiger partial charge in [-0.2, -0.15) is 18.3 Å². The molecule has 10 heteroatoms. The monoisotopic (exact) mass is 458 g/mol. The molecular weight excluding hydrogens is 437 g/mol. The van der Waals surface area contributed by atoms with Crippen LogP contribution in [0.15, 0.2) is 54.6 Å². The van der Waals surface area contributed by atoms with Gasteiger partial charge in [0.05, 0.1) is 12.1 Å². The van der Waals surface area contributed by atoms with Crippen LogP contribution in [0.2, 0.25) is 0 Å². The number of aromatic nitrogens is 2. The van der Waals surface area contributed by atoms with E-state index in [-0.39, 0.29) is 30.8 Å². The average molecular weight is 458 g/mol. The SMILES string of the molecule is C[C@@H](NC(=O)c1cc2n(n1)[C@@H](C(F)(F)F)C[C@H](c1ccc3c(c1)OCO3)N2)c1ccccc1. The molecule has 7 nitrogen and oxygen atoms in total. The van der Waals surface area contributed by atoms with Crippen LogP contribution < -0.4 is 20.1 Å². The third-order valence-electron chi connectivity index (χ3n) is 5.87. The summed E-state index contributed by atoms with van der Waals surface area (Å²) in [7, 11) is 0. The number of halogens is 3. The summed E-state index contributed by atoms with van der Waals surface area (Å²) in [6, 6.07) is 12.8. The number of carbonyl (C=O) groups is 1. The van der Waals surface area contributed by atoms with Crippen LogP contribution in [0.25, 0.3) is 0 Å². The van der Waals surface area contributed by atoms with Crippen molar-refractivity contribution in [1.29, 1.82) is 0 Å². The van der Waals surface area contributed by atoms with E-state index in [0.717, 1.165) is 10.2 Å². The van der Waals surface area contributed by atoms with E-state index in [0.29, 0.717) is 17.1 Å². The molecule has 2 N–H and O–H groups in total. The van der Waals surface area contributed by atoms with Gasteiger partial charge in [-0.3, -0.25) is 4.79 Å². The number of rotatable bonds is 4. The zero-order valence-electron chi connectivity index (χ0n) is 17.6. The Balaban J connectivity index is 1.41. The highest BCUT2D eigenvalue weighted by Crippen LogP contribution is 2.45. The first-order valence-electron chi connectivity index (χ1n) is 10.5. The number of nitrogens with zero attached hydrogens (tertiary/aromatic N) is 2. The molecule has 0 radical (unpaired) electrons. The predicted octanol–water partition coefficient (Wildman–Crippen LogP) is 4.76. The molecule has 172 valence electrons. The predicted molar refractivity (Wildman–Crippen MR) is 113 cm³/mol. The van der Waals surface area contributed by atoms with E-state index < -0.39 is 24.2 Å². The molecule has 1 aromatic heterocycles. The van der Waals surface area contributed by atoms with Crippen LogP contribution in [-0.2, 0) is 0 Å². The summed E-state index contributed by atoms with van der Waals surface area (Å²) in [6.07, 6.45) is -4.82. The van der Waals surface area contributed by atoms with E-state index in [1.807, 2.05) is 30.3 Å². The molecule has 1 amide bonds. The lowest BCUT2D eigenvalue weighted by Gasteiger charge is -2.33. The van der Waals surface area contributed by atoms with Crippen molar-refractivity contribution in [3.63, 3.8) is 0 Å². The molecule has 3 aromatic rings. The van der Waals surface area contributed by atoms with Gasteiger partial charge in [0.2, 0.25) is 6.79 Å². The van der Waals surface area contributed by atoms with Gasteiger partial charge in [-0.1, -0.05) is 36.4 Å². The van der Waals surface area contributed by atoms with E-state index in [1.165, 1.54) is 6.07 Å². The molecule has 3 atom stereocenters. The maximum Gasteiger partial charge on any atom is 0.410 e. The molecule has 2 aromatic carbocycles. The fourth-order valence-electron chi connectivity index (χ4n) is 4.13. The number of benzene rings is 2. The van der Waals surface area contributed by atoms with Crippen LogP contribution in [0.3, 0.4) is 0 Å². The molecule has 0 unspecified atom stereocenters. The highest BCUT2D eigenvalue weighted by atomic mass is 19.4. The summed E-state index contributed by atoms with van der Waals surface area (Å²) in [5.74, 6) is 0.629. The average Bonchev–Trinajstić information content (AvgIpc) is 3.44. The third-order valence-corrected chi connectivity index (χ3v) is 5.87. The van der Waals surface area contributed by atoms with E-state index >= 15 is 0 Å². The van der Waals surface area contributed by atoms with E-state index in [1.54, 1.807) is 25.1 Å². The van der Waals surface area contributed by atoms with Crippen molar-refractivity contribution in [2.75, 3.05) is 12.1 Å². The quantitative estimate of drug-likeness (QED) is 0.589. The highest BCUT2D eigenvalue weighted by molar-refractivity contribution is 5.93. The van der Waals surface area contributed by atoms with Crippen LogP contribution in [0.1, 0.15) is 53.1 Å². The first-order chi connectivity index (χ1) is 15.8. The molecule has 0 fully saturated rings. The summed E-state index contributed by atoms with van der Waals surface area (Å²) in [6.45, 7) is 1.88. The first kappa shape index (κ1) is 21.2. The lowest BCUT2D eigenvalue weighted by Crippen LogP contribution is -2.35. The molecule has 33 heavy (non-hydrogen) atoms. The molecule has 0 aliphatic carbocycles. The second-order valence-electron chi connectivity index (χ2n) is 8.07. The van der Waals surface area contributed by atoms with Crippen molar-refractivity contribution < 1.29 is 27.4 Å². The molecule has 0 saturated heterocycles. The van der Waals surface area contributed by atoms with Crippen molar-refractivity contribution >= 4 is 11.7 Å². The lowest BCUT2D eigenvalue weighted by molar-refractivity contribution is -0.173. The lowest BCUT2D eigenvalue weighted by atomic mass is 9.96. The van der Waals surface area contributed by atoms with Crippen LogP contribution in [0, 0.1) is 0 Å². The van der Waals surface area contributed by atoms with Gasteiger partial charge in [-0.25, -0.2) is 4.68 Å². The summed E-state index contributed by atoms with van der Waals surface area (Å²) in [4.78, 5) is 12.8. The molecule has 5 rings (SSSR count). The van der Waals surface area contributed by atoms with Gasteiger partial charge in [0.1, 0.15) is 5.82 Å². The molecule has 0 spiro atoms. The Labute approximate surface area is 187 Å². The molecule has 0 bridgehead atoms. The zero-order chi connectivity index (χ0) is 23.2. The zero-order valence-corrected chi connectivity index (χ0v) is 17.6. The van der Waals surface area contributed by atoms with E-state index in [9.17, 15) is 18.0 Å². The topological polar surface area (TPSA) is 77.4 Å². The van der Waals surface area contributed by atoms with Gasteiger partial charge in [0.25, 0.3) is 5.91 Å². The fourth-order valence-corrected chi connectivity index (χ4v) is 4.13. The minimum absolute atomic E-state index is 0.0781. The summed E-state index contributed by atoms with van der Waals surface area (Å²) >= 11 is 0. The van der Waals surface area contributed by atoms with Crippen LogP contribution in [0.4, 0.5) is 19.0 Å². The maximum absolute atomic E-state index is 13.9. The second kappa shape index (κ2) is 8.02. The van der Waals surface area contributed by atoms with Gasteiger partial charge < -0.3 is 20.1 Å². The van der Waals surface area contributed by atoms with Gasteiger partial charge >= 0.3 is 6.18 Å². The summed E-state index contributed by atoms with van der Waals surface area (Å²) in [5.41, 5.74) is 1.43. The molecule has 2 aliphatic rings. The van der Waals surface area contributed by atoms with Gasteiger partial charge in [0, 0.05) is 12.5 Å². The van der Waals surface area contributed by atoms with Gasteiger partial charge in [-0.05, 0) is 30.2 Å². The third kappa shape index (κ3) is 4.08. The van der Waals surface area contributed by atoms with Crippen molar-refractivity contribution in [2.45, 2.75) is 37.6 Å². The number of anilines is 1. The van der Waals surface area contributed by atoms with Crippen molar-refractivity contribution in [3.8, 4) is 11.5 Å². The summed E-state index contributed by atoms with van der Waals surface area (Å²) < 4.78 is 53.3. The van der Waals surface area contributed by atoms with Gasteiger partial charge in [-0.15, -0.1) is 0 Å². The Kier molecular flexibility index (Phi) is 5.15. The molecule has 3 heterocycles. The van der Waals surface area contributed by atoms with Crippen LogP contribution >= 0.6 is 0 Å². The van der Waals surface area contributed by atoms with Crippen LogP contribution in [-0.4, -0.2) is 28.7 Å². The highest BCUT2D eigenvalue weighted by Gasteiger charge is 2.47. The minimum Gasteiger partial charge on any atom is -0.454 e. The van der Waals surface area contributed by atoms with E-state index in [2.05, 4.69) is 15.7 Å². The Morgan fingerprint density at radius 1 is 1.15 bits per heavy atom. The fraction of sp³-hybridized carbons (Fsp3) is 0.304. The Morgan fingerprint density at radius 3 is 2.67 bits per heavy atom. The Hall–Kier alpha value is -3.69. The van der Waals surface area contributed by atoms with Crippen LogP contribution in [0.5, 0.6) is 11.5 Å².